The van der Waals surface area contributed by atoms with E-state index in [1.165, 1.54) is 25.7 Å². The zero-order chi connectivity index (χ0) is 14.5. The molecule has 20 heavy (non-hydrogen) atoms. The highest BCUT2D eigenvalue weighted by Gasteiger charge is 2.26. The molecule has 1 aromatic carbocycles. The van der Waals surface area contributed by atoms with Gasteiger partial charge < -0.3 is 5.32 Å². The first-order chi connectivity index (χ1) is 9.58. The summed E-state index contributed by atoms with van der Waals surface area (Å²) in [5, 5.41) is 14.4. The highest BCUT2D eigenvalue weighted by atomic mass is 16.6. The second kappa shape index (κ2) is 6.84. The fraction of sp³-hybridized carbons (Fsp3) is 0.625. The Bertz CT molecular complexity index is 460. The molecule has 4 nitrogen and oxygen atoms in total. The molecule has 1 aromatic rings. The largest absolute Gasteiger partial charge is 0.310 e. The third-order valence-electron chi connectivity index (χ3n) is 4.37. The molecule has 2 rings (SSSR count). The molecule has 0 spiro atoms. The second-order valence-corrected chi connectivity index (χ2v) is 6.11. The van der Waals surface area contributed by atoms with Crippen molar-refractivity contribution in [2.45, 2.75) is 52.1 Å². The Balaban J connectivity index is 1.96. The minimum absolute atomic E-state index is 0.174. The third kappa shape index (κ3) is 3.79. The van der Waals surface area contributed by atoms with Gasteiger partial charge in [0, 0.05) is 24.7 Å². The van der Waals surface area contributed by atoms with Crippen LogP contribution >= 0.6 is 0 Å². The highest BCUT2D eigenvalue weighted by molar-refractivity contribution is 5.34. The van der Waals surface area contributed by atoms with Crippen molar-refractivity contribution >= 4 is 5.69 Å². The highest BCUT2D eigenvalue weighted by Crippen LogP contribution is 2.30. The van der Waals surface area contributed by atoms with Crippen LogP contribution in [0.5, 0.6) is 0 Å². The first-order valence-corrected chi connectivity index (χ1v) is 7.54. The van der Waals surface area contributed by atoms with Gasteiger partial charge in [0.15, 0.2) is 0 Å². The number of nitrogens with zero attached hydrogens (tertiary/aromatic N) is 1. The zero-order valence-electron chi connectivity index (χ0n) is 12.3. The second-order valence-electron chi connectivity index (χ2n) is 6.11. The maximum Gasteiger partial charge on any atom is 0.269 e. The van der Waals surface area contributed by atoms with E-state index in [0.717, 1.165) is 18.0 Å². The molecule has 0 radical (unpaired) electrons. The normalized spacial score (nSPS) is 22.9. The summed E-state index contributed by atoms with van der Waals surface area (Å²) in [4.78, 5) is 10.5. The molecule has 0 aliphatic heterocycles. The monoisotopic (exact) mass is 276 g/mol. The Morgan fingerprint density at radius 3 is 2.80 bits per heavy atom. The van der Waals surface area contributed by atoms with Crippen molar-refractivity contribution in [2.75, 3.05) is 0 Å². The lowest BCUT2D eigenvalue weighted by Crippen LogP contribution is -2.40. The average Bonchev–Trinajstić information content (AvgIpc) is 2.45. The summed E-state index contributed by atoms with van der Waals surface area (Å²) in [5.41, 5.74) is 1.17. The first-order valence-electron chi connectivity index (χ1n) is 7.54. The lowest BCUT2D eigenvalue weighted by Gasteiger charge is -2.35. The van der Waals surface area contributed by atoms with Crippen LogP contribution in [0.2, 0.25) is 0 Å². The van der Waals surface area contributed by atoms with E-state index in [0.29, 0.717) is 12.0 Å². The lowest BCUT2D eigenvalue weighted by molar-refractivity contribution is -0.384. The predicted octanol–water partition coefficient (Wildman–Crippen LogP) is 3.90. The molecule has 1 fully saturated rings. The maximum absolute atomic E-state index is 10.8. The predicted molar refractivity (Wildman–Crippen MR) is 80.5 cm³/mol. The van der Waals surface area contributed by atoms with Gasteiger partial charge in [-0.1, -0.05) is 38.8 Å². The molecule has 110 valence electrons. The molecule has 1 saturated carbocycles. The zero-order valence-corrected chi connectivity index (χ0v) is 12.3. The van der Waals surface area contributed by atoms with Gasteiger partial charge in [-0.3, -0.25) is 10.1 Å². The Hall–Kier alpha value is -1.42. The first kappa shape index (κ1) is 15.0. The summed E-state index contributed by atoms with van der Waals surface area (Å²) in [6.07, 6.45) is 5.13. The van der Waals surface area contributed by atoms with Crippen LogP contribution in [0.4, 0.5) is 5.69 Å². The van der Waals surface area contributed by atoms with Gasteiger partial charge >= 0.3 is 0 Å². The summed E-state index contributed by atoms with van der Waals surface area (Å²) in [5.74, 6) is 1.42. The molecule has 0 aromatic heterocycles. The molecule has 0 saturated heterocycles. The van der Waals surface area contributed by atoms with Crippen LogP contribution < -0.4 is 5.32 Å². The van der Waals surface area contributed by atoms with Crippen molar-refractivity contribution in [2.24, 2.45) is 11.8 Å². The van der Waals surface area contributed by atoms with Crippen LogP contribution in [0.1, 0.15) is 45.1 Å². The molecule has 4 heteroatoms. The number of hydrogen-bond donors (Lipinski definition) is 1. The van der Waals surface area contributed by atoms with Crippen LogP contribution in [0.3, 0.4) is 0 Å². The van der Waals surface area contributed by atoms with Gasteiger partial charge in [-0.15, -0.1) is 0 Å². The van der Waals surface area contributed by atoms with E-state index >= 15 is 0 Å². The fourth-order valence-electron chi connectivity index (χ4n) is 3.24. The summed E-state index contributed by atoms with van der Waals surface area (Å²) < 4.78 is 0. The molecular formula is C16H24N2O2. The van der Waals surface area contributed by atoms with E-state index in [4.69, 9.17) is 0 Å². The smallest absolute Gasteiger partial charge is 0.269 e. The SMILES string of the molecule is CC(C)C1CCCCC1NCc1cccc([N+](=O)[O-])c1. The van der Waals surface area contributed by atoms with Crippen molar-refractivity contribution in [3.8, 4) is 0 Å². The molecule has 1 aliphatic rings. The lowest BCUT2D eigenvalue weighted by atomic mass is 9.78. The molecule has 0 bridgehead atoms. The number of hydrogen-bond acceptors (Lipinski definition) is 3. The standard InChI is InChI=1S/C16H24N2O2/c1-12(2)15-8-3-4-9-16(15)17-11-13-6-5-7-14(10-13)18(19)20/h5-7,10,12,15-17H,3-4,8-9,11H2,1-2H3. The van der Waals surface area contributed by atoms with Crippen molar-refractivity contribution in [1.82, 2.24) is 5.32 Å². The van der Waals surface area contributed by atoms with Crippen molar-refractivity contribution in [1.29, 1.82) is 0 Å². The third-order valence-corrected chi connectivity index (χ3v) is 4.37. The van der Waals surface area contributed by atoms with Crippen LogP contribution in [-0.4, -0.2) is 11.0 Å². The fourth-order valence-corrected chi connectivity index (χ4v) is 3.24. The van der Waals surface area contributed by atoms with Crippen molar-refractivity contribution in [3.63, 3.8) is 0 Å². The topological polar surface area (TPSA) is 55.2 Å². The molecule has 0 amide bonds. The molecule has 0 heterocycles. The van der Waals surface area contributed by atoms with Gasteiger partial charge in [0.05, 0.1) is 4.92 Å². The van der Waals surface area contributed by atoms with Crippen molar-refractivity contribution in [3.05, 3.63) is 39.9 Å². The van der Waals surface area contributed by atoms with Gasteiger partial charge in [-0.05, 0) is 30.2 Å². The Morgan fingerprint density at radius 2 is 2.10 bits per heavy atom. The summed E-state index contributed by atoms with van der Waals surface area (Å²) in [6, 6.07) is 7.47. The van der Waals surface area contributed by atoms with Crippen LogP contribution in [-0.2, 0) is 6.54 Å². The molecule has 2 atom stereocenters. The number of benzene rings is 1. The van der Waals surface area contributed by atoms with Gasteiger partial charge in [0.1, 0.15) is 0 Å². The van der Waals surface area contributed by atoms with Crippen LogP contribution in [0.25, 0.3) is 0 Å². The van der Waals surface area contributed by atoms with Crippen LogP contribution in [0.15, 0.2) is 24.3 Å². The number of nitro groups is 1. The molecule has 1 N–H and O–H groups in total. The Kier molecular flexibility index (Phi) is 5.12. The van der Waals surface area contributed by atoms with E-state index < -0.39 is 0 Å². The minimum atomic E-state index is -0.332. The average molecular weight is 276 g/mol. The van der Waals surface area contributed by atoms with Gasteiger partial charge in [0.25, 0.3) is 5.69 Å². The van der Waals surface area contributed by atoms with Gasteiger partial charge in [-0.2, -0.15) is 0 Å². The van der Waals surface area contributed by atoms with Gasteiger partial charge in [-0.25, -0.2) is 0 Å². The minimum Gasteiger partial charge on any atom is -0.310 e. The van der Waals surface area contributed by atoms with Crippen molar-refractivity contribution < 1.29 is 4.92 Å². The van der Waals surface area contributed by atoms with E-state index in [1.54, 1.807) is 18.2 Å². The van der Waals surface area contributed by atoms with Gasteiger partial charge in [0.2, 0.25) is 0 Å². The Labute approximate surface area is 120 Å². The van der Waals surface area contributed by atoms with E-state index in [-0.39, 0.29) is 10.6 Å². The summed E-state index contributed by atoms with van der Waals surface area (Å²) >= 11 is 0. The summed E-state index contributed by atoms with van der Waals surface area (Å²) in [7, 11) is 0. The Morgan fingerprint density at radius 1 is 1.35 bits per heavy atom. The molecule has 2 unspecified atom stereocenters. The quantitative estimate of drug-likeness (QED) is 0.655. The molecule has 1 aliphatic carbocycles. The number of rotatable bonds is 5. The van der Waals surface area contributed by atoms with E-state index in [2.05, 4.69) is 19.2 Å². The van der Waals surface area contributed by atoms with Crippen LogP contribution in [0, 0.1) is 22.0 Å². The number of nitrogens with one attached hydrogen (secondary N) is 1. The number of nitro benzene ring substituents is 1. The maximum atomic E-state index is 10.8. The summed E-state index contributed by atoms with van der Waals surface area (Å²) in [6.45, 7) is 5.30. The van der Waals surface area contributed by atoms with E-state index in [9.17, 15) is 10.1 Å². The molecular weight excluding hydrogens is 252 g/mol. The van der Waals surface area contributed by atoms with E-state index in [1.807, 2.05) is 6.07 Å². The number of non-ortho nitro benzene ring substituents is 1.